The van der Waals surface area contributed by atoms with Crippen molar-refractivity contribution >= 4 is 28.0 Å². The number of ether oxygens (including phenoxy) is 2. The van der Waals surface area contributed by atoms with Crippen molar-refractivity contribution in [2.24, 2.45) is 40.3 Å². The lowest BCUT2D eigenvalue weighted by molar-refractivity contribution is -0.139. The van der Waals surface area contributed by atoms with Crippen LogP contribution in [0.5, 0.6) is 5.75 Å². The lowest BCUT2D eigenvalue weighted by Crippen LogP contribution is -2.41. The summed E-state index contributed by atoms with van der Waals surface area (Å²) in [6, 6.07) is -1.13. The van der Waals surface area contributed by atoms with E-state index in [1.54, 1.807) is 13.8 Å². The van der Waals surface area contributed by atoms with E-state index in [0.29, 0.717) is 42.2 Å². The smallest absolute Gasteiger partial charge is 0.407 e. The molecule has 1 aliphatic heterocycles. The molecule has 1 heterocycles. The van der Waals surface area contributed by atoms with E-state index in [1.807, 2.05) is 32.9 Å². The number of aliphatic carboxylic acids is 1. The fraction of sp³-hybridized carbons (Fsp3) is 0.514. The first-order chi connectivity index (χ1) is 22.2. The molecule has 0 bridgehead atoms. The van der Waals surface area contributed by atoms with Crippen LogP contribution in [-0.4, -0.2) is 56.3 Å². The van der Waals surface area contributed by atoms with Crippen LogP contribution in [0.1, 0.15) is 55.4 Å². The van der Waals surface area contributed by atoms with Gasteiger partial charge in [-0.25, -0.2) is 22.7 Å². The summed E-state index contributed by atoms with van der Waals surface area (Å²) in [7, 11) is -4.02. The van der Waals surface area contributed by atoms with Crippen molar-refractivity contribution in [3.63, 3.8) is 0 Å². The number of benzene rings is 1. The predicted molar refractivity (Wildman–Crippen MR) is 180 cm³/mol. The maximum atomic E-state index is 13.4. The Balaban J connectivity index is 1.10. The Hall–Kier alpha value is -4.06. The zero-order valence-electron chi connectivity index (χ0n) is 27.7. The number of unbranched alkanes of at least 4 members (excludes halogenated alkanes) is 1. The van der Waals surface area contributed by atoms with Gasteiger partial charge in [0.25, 0.3) is 10.0 Å². The molecule has 4 aliphatic rings. The SMILES string of the molecule is Cc1c(C)c(S(=O)(=O)NC(N)=NCCCC[C@@H](NC(=O)OCC2[C@H]3C=CC=C[C@@H]3[C@H]3C=CC=C[C@@H]23)C(=O)O)c(C)c2c1OC(C)(C)C2. The van der Waals surface area contributed by atoms with E-state index in [1.165, 1.54) is 0 Å². The number of carboxylic acids is 1. The summed E-state index contributed by atoms with van der Waals surface area (Å²) < 4.78 is 40.8. The highest BCUT2D eigenvalue weighted by atomic mass is 32.2. The first kappa shape index (κ1) is 34.3. The molecule has 47 heavy (non-hydrogen) atoms. The van der Waals surface area contributed by atoms with E-state index < -0.39 is 33.7 Å². The fourth-order valence-corrected chi connectivity index (χ4v) is 9.05. The summed E-state index contributed by atoms with van der Waals surface area (Å²) >= 11 is 0. The molecule has 1 fully saturated rings. The number of nitrogens with zero attached hydrogens (tertiary/aromatic N) is 1. The Morgan fingerprint density at radius 3 is 2.19 bits per heavy atom. The second kappa shape index (κ2) is 13.6. The largest absolute Gasteiger partial charge is 0.487 e. The summed E-state index contributed by atoms with van der Waals surface area (Å²) in [5, 5.41) is 12.2. The minimum Gasteiger partial charge on any atom is -0.487 e. The highest BCUT2D eigenvalue weighted by Crippen LogP contribution is 2.51. The normalized spacial score (nSPS) is 25.8. The number of amides is 1. The summed E-state index contributed by atoms with van der Waals surface area (Å²) in [5.41, 5.74) is 8.41. The van der Waals surface area contributed by atoms with Gasteiger partial charge in [-0.15, -0.1) is 0 Å². The second-order valence-corrected chi connectivity index (χ2v) is 15.2. The Kier molecular flexibility index (Phi) is 9.91. The van der Waals surface area contributed by atoms with Crippen molar-refractivity contribution in [3.05, 3.63) is 70.9 Å². The molecule has 5 rings (SSSR count). The van der Waals surface area contributed by atoms with E-state index in [4.69, 9.17) is 15.2 Å². The predicted octanol–water partition coefficient (Wildman–Crippen LogP) is 4.61. The molecule has 1 amide bonds. The molecular weight excluding hydrogens is 620 g/mol. The van der Waals surface area contributed by atoms with Gasteiger partial charge in [0.1, 0.15) is 17.4 Å². The first-order valence-corrected chi connectivity index (χ1v) is 17.7. The molecule has 3 aliphatic carbocycles. The number of carbonyl (C=O) groups excluding carboxylic acids is 1. The van der Waals surface area contributed by atoms with Crippen LogP contribution in [0.15, 0.2) is 58.5 Å². The number of nitrogens with one attached hydrogen (secondary N) is 2. The first-order valence-electron chi connectivity index (χ1n) is 16.2. The third-order valence-corrected chi connectivity index (χ3v) is 11.5. The van der Waals surface area contributed by atoms with Crippen molar-refractivity contribution in [1.82, 2.24) is 10.0 Å². The molecule has 254 valence electrons. The van der Waals surface area contributed by atoms with Crippen molar-refractivity contribution in [2.45, 2.75) is 76.8 Å². The van der Waals surface area contributed by atoms with E-state index >= 15 is 0 Å². The van der Waals surface area contributed by atoms with Crippen molar-refractivity contribution in [2.75, 3.05) is 13.2 Å². The molecule has 1 saturated carbocycles. The van der Waals surface area contributed by atoms with Gasteiger partial charge in [0.15, 0.2) is 0 Å². The van der Waals surface area contributed by atoms with Crippen LogP contribution >= 0.6 is 0 Å². The van der Waals surface area contributed by atoms with Gasteiger partial charge in [0.2, 0.25) is 5.96 Å². The molecule has 1 aromatic rings. The maximum Gasteiger partial charge on any atom is 0.407 e. The van der Waals surface area contributed by atoms with Gasteiger partial charge in [0.05, 0.1) is 11.5 Å². The van der Waals surface area contributed by atoms with E-state index in [-0.39, 0.29) is 48.2 Å². The standard InChI is InChI=1S/C35H46N4O7S/c1-20-21(2)31(22(3)27-18-35(4,5)46-30(20)27)47(43,44)39-33(36)37-17-11-10-16-29(32(40)41)38-34(42)45-19-28-25-14-8-6-12-23(25)24-13-7-9-15-26(24)28/h6-9,12-15,23-26,28-29H,10-11,16-19H2,1-5H3,(H,38,42)(H,40,41)(H3,36,37,39)/t23-,24-,25-,26+,28?,29-/m1/s1. The molecule has 12 heteroatoms. The van der Waals surface area contributed by atoms with Crippen LogP contribution in [0, 0.1) is 50.4 Å². The average molecular weight is 667 g/mol. The molecule has 0 spiro atoms. The van der Waals surface area contributed by atoms with Crippen LogP contribution in [0.25, 0.3) is 0 Å². The van der Waals surface area contributed by atoms with E-state index in [0.717, 1.165) is 16.9 Å². The molecule has 1 unspecified atom stereocenters. The highest BCUT2D eigenvalue weighted by molar-refractivity contribution is 7.90. The van der Waals surface area contributed by atoms with Gasteiger partial charge in [-0.1, -0.05) is 48.6 Å². The number of fused-ring (bicyclic) bond motifs is 4. The number of hydrogen-bond acceptors (Lipinski definition) is 7. The maximum absolute atomic E-state index is 13.4. The highest BCUT2D eigenvalue weighted by Gasteiger charge is 2.47. The van der Waals surface area contributed by atoms with Crippen LogP contribution in [-0.2, 0) is 26.0 Å². The van der Waals surface area contributed by atoms with Gasteiger partial charge in [-0.3, -0.25) is 4.99 Å². The zero-order valence-corrected chi connectivity index (χ0v) is 28.5. The summed E-state index contributed by atoms with van der Waals surface area (Å²) in [4.78, 5) is 28.9. The van der Waals surface area contributed by atoms with E-state index in [2.05, 4.69) is 51.5 Å². The number of sulfonamides is 1. The molecule has 0 saturated heterocycles. The summed E-state index contributed by atoms with van der Waals surface area (Å²) in [5.74, 6) is 0.610. The second-order valence-electron chi connectivity index (χ2n) is 13.6. The van der Waals surface area contributed by atoms with Gasteiger partial charge in [0, 0.05) is 24.4 Å². The third-order valence-electron chi connectivity index (χ3n) is 9.86. The van der Waals surface area contributed by atoms with E-state index in [9.17, 15) is 23.1 Å². The number of nitrogens with two attached hydrogens (primary N) is 1. The number of aliphatic imine (C=N–C) groups is 1. The Labute approximate surface area is 277 Å². The molecule has 11 nitrogen and oxygen atoms in total. The van der Waals surface area contributed by atoms with Crippen LogP contribution in [0.2, 0.25) is 0 Å². The molecule has 6 atom stereocenters. The number of rotatable bonds is 11. The fourth-order valence-electron chi connectivity index (χ4n) is 7.53. The van der Waals surface area contributed by atoms with Crippen molar-refractivity contribution < 1.29 is 32.6 Å². The number of alkyl carbamates (subject to hydrolysis) is 1. The Morgan fingerprint density at radius 2 is 1.60 bits per heavy atom. The number of guanidine groups is 1. The van der Waals surface area contributed by atoms with Crippen LogP contribution in [0.3, 0.4) is 0 Å². The lowest BCUT2D eigenvalue weighted by Gasteiger charge is -2.24. The molecule has 1 aromatic carbocycles. The molecular formula is C35H46N4O7S. The zero-order chi connectivity index (χ0) is 34.1. The van der Waals surface area contributed by atoms with Crippen LogP contribution in [0.4, 0.5) is 4.79 Å². The monoisotopic (exact) mass is 666 g/mol. The Bertz CT molecular complexity index is 1640. The number of carbonyl (C=O) groups is 2. The Morgan fingerprint density at radius 1 is 1.00 bits per heavy atom. The third kappa shape index (κ3) is 7.27. The number of allylic oxidation sites excluding steroid dienone is 8. The summed E-state index contributed by atoms with van der Waals surface area (Å²) in [6.07, 6.45) is 17.8. The number of carboxylic acid groups (broad SMARTS) is 1. The number of hydrogen-bond donors (Lipinski definition) is 4. The van der Waals surface area contributed by atoms with Crippen molar-refractivity contribution in [1.29, 1.82) is 0 Å². The topological polar surface area (TPSA) is 169 Å². The van der Waals surface area contributed by atoms with Crippen molar-refractivity contribution in [3.8, 4) is 5.75 Å². The van der Waals surface area contributed by atoms with Gasteiger partial charge < -0.3 is 25.6 Å². The van der Waals surface area contributed by atoms with Gasteiger partial charge in [-0.2, -0.15) is 0 Å². The van der Waals surface area contributed by atoms with Crippen LogP contribution < -0.4 is 20.5 Å². The van der Waals surface area contributed by atoms with Gasteiger partial charge in [-0.05, 0) is 94.2 Å². The minimum atomic E-state index is -4.02. The summed E-state index contributed by atoms with van der Waals surface area (Å²) in [6.45, 7) is 9.67. The molecule has 0 aromatic heterocycles. The van der Waals surface area contributed by atoms with Gasteiger partial charge >= 0.3 is 12.1 Å². The minimum absolute atomic E-state index is 0.0999. The molecule has 5 N–H and O–H groups in total. The average Bonchev–Trinajstić information content (AvgIpc) is 3.51. The molecule has 0 radical (unpaired) electrons. The quantitative estimate of drug-likeness (QED) is 0.151. The lowest BCUT2D eigenvalue weighted by atomic mass is 9.83.